The second-order valence-electron chi connectivity index (χ2n) is 21.3. The maximum Gasteiger partial charge on any atom is 0.329 e. The lowest BCUT2D eigenvalue weighted by Crippen LogP contribution is -2.69. The van der Waals surface area contributed by atoms with E-state index in [0.29, 0.717) is 0 Å². The Morgan fingerprint density at radius 2 is 1.10 bits per heavy atom. The molecule has 0 unspecified atom stereocenters. The Bertz CT molecular complexity index is 3460. The monoisotopic (exact) mass is 818 g/mol. The Balaban J connectivity index is 1.20. The van der Waals surface area contributed by atoms with Crippen molar-refractivity contribution in [1.29, 1.82) is 0 Å². The van der Waals surface area contributed by atoms with Crippen LogP contribution in [0, 0.1) is 0 Å². The first kappa shape index (κ1) is 36.7. The Hall–Kier alpha value is -5.97. The molecule has 4 aliphatic rings. The number of nitrogens with zero attached hydrogens (tertiary/aromatic N) is 2. The summed E-state index contributed by atoms with van der Waals surface area (Å²) in [4.78, 5) is 5.33. The fourth-order valence-corrected chi connectivity index (χ4v) is 12.4. The number of thiophene rings is 1. The summed E-state index contributed by atoms with van der Waals surface area (Å²) in [6.45, 7) is 21.1. The van der Waals surface area contributed by atoms with Crippen LogP contribution in [-0.4, -0.2) is 13.6 Å². The van der Waals surface area contributed by atoms with Gasteiger partial charge in [0.15, 0.2) is 0 Å². The molecule has 2 aromatic heterocycles. The minimum absolute atomic E-state index is 0.000656. The van der Waals surface area contributed by atoms with Gasteiger partial charge in [-0.2, -0.15) is 0 Å². The van der Waals surface area contributed by atoms with E-state index in [0.717, 1.165) is 28.0 Å². The van der Waals surface area contributed by atoms with E-state index in [-0.39, 0.29) is 29.8 Å². The quantitative estimate of drug-likeness (QED) is 0.154. The third-order valence-electron chi connectivity index (χ3n) is 14.5. The smallest absolute Gasteiger partial charge is 0.329 e. The molecule has 0 radical (unpaired) electrons. The summed E-state index contributed by atoms with van der Waals surface area (Å²) >= 11 is 1.87. The number of hydrogen-bond acceptors (Lipinski definition) is 4. The molecular formula is C56H48B2N2OS. The third-order valence-corrected chi connectivity index (χ3v) is 15.6. The molecule has 0 spiro atoms. The van der Waals surface area contributed by atoms with Crippen molar-refractivity contribution in [2.75, 3.05) is 9.71 Å². The largest absolute Gasteiger partial charge is 0.468 e. The van der Waals surface area contributed by atoms with Gasteiger partial charge in [-0.15, -0.1) is 11.3 Å². The lowest BCUT2D eigenvalue weighted by molar-refractivity contribution is 0.590. The zero-order valence-electron chi connectivity index (χ0n) is 37.0. The molecule has 0 amide bonds. The van der Waals surface area contributed by atoms with Crippen LogP contribution in [-0.2, 0) is 16.2 Å². The van der Waals surface area contributed by atoms with E-state index in [2.05, 4.69) is 199 Å². The number of rotatable bonds is 1. The van der Waals surface area contributed by atoms with Gasteiger partial charge in [-0.05, 0) is 114 Å². The summed E-state index contributed by atoms with van der Waals surface area (Å²) in [5, 5.41) is 3.74. The molecule has 7 aromatic carbocycles. The predicted octanol–water partition coefficient (Wildman–Crippen LogP) is 12.2. The maximum atomic E-state index is 7.32. The Morgan fingerprint density at radius 1 is 0.484 bits per heavy atom. The third kappa shape index (κ3) is 4.79. The molecule has 13 rings (SSSR count). The lowest BCUT2D eigenvalue weighted by atomic mass is 9.31. The van der Waals surface area contributed by atoms with Gasteiger partial charge in [-0.25, -0.2) is 0 Å². The van der Waals surface area contributed by atoms with E-state index in [1.807, 2.05) is 11.3 Å². The molecule has 300 valence electrons. The standard InChI is InChI=1S/C56H48B2N2OS/c1-54(2,3)31-18-21-35-38-23-24-45-49-51(38)60-50-41(36-22-19-32(55(4,5)6)28-43(36)58(60)42(35)27-31)26-33(56(7,8)9)29-44(50)57(49)53-52(39-15-10-12-16-46(39)61-53)59(45)34-20-25-48-40(30-34)37-14-11-13-17-47(37)62-48/h10-30H,1-9H3. The molecule has 0 fully saturated rings. The van der Waals surface area contributed by atoms with Gasteiger partial charge >= 0.3 is 6.85 Å². The van der Waals surface area contributed by atoms with E-state index in [4.69, 9.17) is 4.42 Å². The minimum Gasteiger partial charge on any atom is -0.468 e. The highest BCUT2D eigenvalue weighted by Gasteiger charge is 2.54. The predicted molar refractivity (Wildman–Crippen MR) is 269 cm³/mol. The molecule has 0 bridgehead atoms. The highest BCUT2D eigenvalue weighted by atomic mass is 32.1. The van der Waals surface area contributed by atoms with Crippen LogP contribution in [0.3, 0.4) is 0 Å². The molecule has 3 nitrogen and oxygen atoms in total. The molecule has 4 aliphatic heterocycles. The van der Waals surface area contributed by atoms with Gasteiger partial charge in [0.05, 0.1) is 11.3 Å². The van der Waals surface area contributed by atoms with Crippen molar-refractivity contribution < 1.29 is 4.42 Å². The van der Waals surface area contributed by atoms with E-state index in [1.165, 1.54) is 98.0 Å². The normalized spacial score (nSPS) is 14.7. The van der Waals surface area contributed by atoms with Gasteiger partial charge in [-0.1, -0.05) is 141 Å². The second kappa shape index (κ2) is 11.9. The Morgan fingerprint density at radius 3 is 1.81 bits per heavy atom. The second-order valence-corrected chi connectivity index (χ2v) is 22.4. The van der Waals surface area contributed by atoms with Crippen molar-refractivity contribution in [3.8, 4) is 22.3 Å². The molecule has 0 saturated carbocycles. The van der Waals surface area contributed by atoms with E-state index in [1.54, 1.807) is 0 Å². The zero-order valence-corrected chi connectivity index (χ0v) is 37.8. The molecule has 0 aliphatic carbocycles. The molecule has 0 saturated heterocycles. The van der Waals surface area contributed by atoms with Crippen LogP contribution in [0.5, 0.6) is 0 Å². The van der Waals surface area contributed by atoms with Gasteiger partial charge in [0.2, 0.25) is 0 Å². The van der Waals surface area contributed by atoms with Gasteiger partial charge in [0.25, 0.3) is 6.71 Å². The maximum absolute atomic E-state index is 7.32. The van der Waals surface area contributed by atoms with Crippen LogP contribution < -0.4 is 37.2 Å². The summed E-state index contributed by atoms with van der Waals surface area (Å²) in [6, 6.07) is 49.3. The molecule has 9 aromatic rings. The van der Waals surface area contributed by atoms with Crippen molar-refractivity contribution in [3.63, 3.8) is 0 Å². The summed E-state index contributed by atoms with van der Waals surface area (Å²) < 4.78 is 9.94. The minimum atomic E-state index is -0.108. The SMILES string of the molecule is CC(C)(C)c1ccc2c(c1)B1c3cc(C(C)(C)C)ccc3-c3ccc4c5c3N1c1c(cc(C(C)(C)C)cc1-2)B5c1oc2ccccc2c1N4c1ccc2sc3ccccc3c2c1. The van der Waals surface area contributed by atoms with Crippen molar-refractivity contribution in [2.45, 2.75) is 78.6 Å². The average Bonchev–Trinajstić information content (AvgIpc) is 3.82. The zero-order chi connectivity index (χ0) is 42.4. The summed E-state index contributed by atoms with van der Waals surface area (Å²) in [5.74, 6) is 0. The number of hydrogen-bond donors (Lipinski definition) is 0. The fourth-order valence-electron chi connectivity index (χ4n) is 11.3. The first-order chi connectivity index (χ1) is 29.6. The van der Waals surface area contributed by atoms with E-state index in [9.17, 15) is 0 Å². The van der Waals surface area contributed by atoms with Crippen LogP contribution in [0.15, 0.2) is 132 Å². The van der Waals surface area contributed by atoms with Gasteiger partial charge in [0, 0.05) is 59.4 Å². The molecule has 6 heteroatoms. The van der Waals surface area contributed by atoms with Crippen LogP contribution in [0.2, 0.25) is 0 Å². The highest BCUT2D eigenvalue weighted by molar-refractivity contribution is 7.25. The summed E-state index contributed by atoms with van der Waals surface area (Å²) in [7, 11) is 0. The van der Waals surface area contributed by atoms with E-state index >= 15 is 0 Å². The Labute approximate surface area is 369 Å². The van der Waals surface area contributed by atoms with Crippen LogP contribution >= 0.6 is 11.3 Å². The first-order valence-electron chi connectivity index (χ1n) is 22.3. The molecule has 0 N–H and O–H groups in total. The molecule has 0 atom stereocenters. The molecule has 62 heavy (non-hydrogen) atoms. The fraction of sp³-hybridized carbons (Fsp3) is 0.214. The van der Waals surface area contributed by atoms with E-state index < -0.39 is 0 Å². The number of furan rings is 1. The molecule has 6 heterocycles. The van der Waals surface area contributed by atoms with Gasteiger partial charge in [-0.3, -0.25) is 0 Å². The lowest BCUT2D eigenvalue weighted by Gasteiger charge is -2.51. The van der Waals surface area contributed by atoms with Crippen molar-refractivity contribution in [3.05, 3.63) is 144 Å². The Kier molecular flexibility index (Phi) is 7.06. The van der Waals surface area contributed by atoms with Crippen LogP contribution in [0.25, 0.3) is 53.4 Å². The summed E-state index contributed by atoms with van der Waals surface area (Å²) in [5.41, 5.74) is 22.9. The number of anilines is 5. The van der Waals surface area contributed by atoms with Crippen molar-refractivity contribution in [2.24, 2.45) is 0 Å². The number of fused-ring (bicyclic) bond motifs is 14. The van der Waals surface area contributed by atoms with Crippen molar-refractivity contribution >= 4 is 112 Å². The van der Waals surface area contributed by atoms with Gasteiger partial charge < -0.3 is 14.1 Å². The van der Waals surface area contributed by atoms with Gasteiger partial charge in [0.1, 0.15) is 5.58 Å². The number of para-hydroxylation sites is 1. The average molecular weight is 819 g/mol. The highest BCUT2D eigenvalue weighted by Crippen LogP contribution is 2.53. The topological polar surface area (TPSA) is 19.6 Å². The van der Waals surface area contributed by atoms with Crippen LogP contribution in [0.1, 0.15) is 79.0 Å². The number of benzene rings is 7. The molecular weight excluding hydrogens is 770 g/mol. The van der Waals surface area contributed by atoms with Crippen molar-refractivity contribution in [1.82, 2.24) is 0 Å². The summed E-state index contributed by atoms with van der Waals surface area (Å²) in [6.07, 6.45) is 0. The van der Waals surface area contributed by atoms with Crippen LogP contribution in [0.4, 0.5) is 28.4 Å². The first-order valence-corrected chi connectivity index (χ1v) is 23.1.